The van der Waals surface area contributed by atoms with Gasteiger partial charge in [0.25, 0.3) is 11.8 Å². The molecule has 6 nitrogen and oxygen atoms in total. The van der Waals surface area contributed by atoms with Crippen LogP contribution in [-0.4, -0.2) is 28.1 Å². The Bertz CT molecular complexity index is 784. The van der Waals surface area contributed by atoms with E-state index in [2.05, 4.69) is 15.7 Å². The van der Waals surface area contributed by atoms with Crippen LogP contribution in [0.2, 0.25) is 0 Å². The van der Waals surface area contributed by atoms with E-state index in [4.69, 9.17) is 0 Å². The Hall–Kier alpha value is -2.84. The zero-order chi connectivity index (χ0) is 18.6. The summed E-state index contributed by atoms with van der Waals surface area (Å²) in [5.74, 6) is -1.19. The molecule has 1 heterocycles. The normalized spacial score (nSPS) is 11.2. The van der Waals surface area contributed by atoms with Crippen molar-refractivity contribution in [2.45, 2.75) is 19.5 Å². The number of nitrogens with zero attached hydrogens (tertiary/aromatic N) is 2. The number of anilines is 1. The molecular formula is C16H17F3N4O2. The van der Waals surface area contributed by atoms with Crippen molar-refractivity contribution in [1.29, 1.82) is 0 Å². The summed E-state index contributed by atoms with van der Waals surface area (Å²) in [6, 6.07) is 4.04. The molecule has 0 saturated carbocycles. The second-order valence-electron chi connectivity index (χ2n) is 5.32. The minimum Gasteiger partial charge on any atom is -0.351 e. The molecule has 0 aliphatic heterocycles. The van der Waals surface area contributed by atoms with Crippen molar-refractivity contribution in [1.82, 2.24) is 15.1 Å². The predicted octanol–water partition coefficient (Wildman–Crippen LogP) is 2.83. The van der Waals surface area contributed by atoms with E-state index in [0.29, 0.717) is 6.54 Å². The lowest BCUT2D eigenvalue weighted by Gasteiger charge is -2.10. The van der Waals surface area contributed by atoms with Gasteiger partial charge in [-0.15, -0.1) is 0 Å². The monoisotopic (exact) mass is 354 g/mol. The summed E-state index contributed by atoms with van der Waals surface area (Å²) in [6.07, 6.45) is -2.54. The molecule has 25 heavy (non-hydrogen) atoms. The fourth-order valence-electron chi connectivity index (χ4n) is 2.15. The van der Waals surface area contributed by atoms with E-state index in [1.807, 2.05) is 6.92 Å². The van der Waals surface area contributed by atoms with Gasteiger partial charge in [-0.3, -0.25) is 14.3 Å². The molecule has 0 aliphatic rings. The van der Waals surface area contributed by atoms with E-state index < -0.39 is 23.6 Å². The number of hydrogen-bond donors (Lipinski definition) is 2. The molecule has 2 rings (SSSR count). The van der Waals surface area contributed by atoms with Gasteiger partial charge in [0.1, 0.15) is 5.69 Å². The first-order chi connectivity index (χ1) is 11.7. The lowest BCUT2D eigenvalue weighted by atomic mass is 10.1. The third kappa shape index (κ3) is 4.37. The van der Waals surface area contributed by atoms with Crippen LogP contribution in [-0.2, 0) is 13.2 Å². The van der Waals surface area contributed by atoms with Crippen LogP contribution in [0, 0.1) is 0 Å². The number of aryl methyl sites for hydroxylation is 1. The first kappa shape index (κ1) is 18.5. The Morgan fingerprint density at radius 1 is 1.24 bits per heavy atom. The molecule has 0 radical (unpaired) electrons. The highest BCUT2D eigenvalue weighted by atomic mass is 19.4. The molecule has 0 spiro atoms. The third-order valence-corrected chi connectivity index (χ3v) is 3.39. The SMILES string of the molecule is CCCNC(=O)c1c(NC(=O)c2cccc(C(F)(F)F)c2)cnn1C. The summed E-state index contributed by atoms with van der Waals surface area (Å²) in [5, 5.41) is 9.00. The first-order valence-corrected chi connectivity index (χ1v) is 7.52. The number of benzene rings is 1. The van der Waals surface area contributed by atoms with Gasteiger partial charge in [-0.1, -0.05) is 13.0 Å². The van der Waals surface area contributed by atoms with Crippen LogP contribution in [0.5, 0.6) is 0 Å². The van der Waals surface area contributed by atoms with E-state index >= 15 is 0 Å². The molecule has 1 aromatic heterocycles. The molecule has 0 bridgehead atoms. The number of hydrogen-bond acceptors (Lipinski definition) is 3. The Morgan fingerprint density at radius 3 is 2.60 bits per heavy atom. The number of aromatic nitrogens is 2. The summed E-state index contributed by atoms with van der Waals surface area (Å²) in [4.78, 5) is 24.4. The topological polar surface area (TPSA) is 76.0 Å². The molecule has 0 atom stereocenters. The standard InChI is InChI=1S/C16H17F3N4O2/c1-3-7-20-15(25)13-12(9-21-23(13)2)22-14(24)10-5-4-6-11(8-10)16(17,18)19/h4-6,8-9H,3,7H2,1-2H3,(H,20,25)(H,22,24). The van der Waals surface area contributed by atoms with Crippen molar-refractivity contribution in [2.24, 2.45) is 7.05 Å². The third-order valence-electron chi connectivity index (χ3n) is 3.39. The first-order valence-electron chi connectivity index (χ1n) is 7.52. The van der Waals surface area contributed by atoms with Crippen LogP contribution in [0.25, 0.3) is 0 Å². The van der Waals surface area contributed by atoms with Crippen LogP contribution in [0.4, 0.5) is 18.9 Å². The average molecular weight is 354 g/mol. The highest BCUT2D eigenvalue weighted by molar-refractivity contribution is 6.08. The van der Waals surface area contributed by atoms with Crippen molar-refractivity contribution in [2.75, 3.05) is 11.9 Å². The fraction of sp³-hybridized carbons (Fsp3) is 0.312. The number of halogens is 3. The molecule has 2 amide bonds. The Labute approximate surface area is 142 Å². The summed E-state index contributed by atoms with van der Waals surface area (Å²) in [6.45, 7) is 2.34. The maximum atomic E-state index is 12.8. The van der Waals surface area contributed by atoms with E-state index in [-0.39, 0.29) is 16.9 Å². The zero-order valence-corrected chi connectivity index (χ0v) is 13.6. The lowest BCUT2D eigenvalue weighted by Crippen LogP contribution is -2.27. The number of carbonyl (C=O) groups is 2. The van der Waals surface area contributed by atoms with Crippen molar-refractivity contribution in [3.63, 3.8) is 0 Å². The van der Waals surface area contributed by atoms with Crippen LogP contribution in [0.1, 0.15) is 39.8 Å². The van der Waals surface area contributed by atoms with Crippen molar-refractivity contribution >= 4 is 17.5 Å². The van der Waals surface area contributed by atoms with Crippen LogP contribution < -0.4 is 10.6 Å². The number of nitrogens with one attached hydrogen (secondary N) is 2. The fourth-order valence-corrected chi connectivity index (χ4v) is 2.15. The Kier molecular flexibility index (Phi) is 5.45. The van der Waals surface area contributed by atoms with Gasteiger partial charge >= 0.3 is 6.18 Å². The molecular weight excluding hydrogens is 337 g/mol. The Morgan fingerprint density at radius 2 is 1.96 bits per heavy atom. The summed E-state index contributed by atoms with van der Waals surface area (Å²) >= 11 is 0. The average Bonchev–Trinajstić information content (AvgIpc) is 2.92. The van der Waals surface area contributed by atoms with Crippen LogP contribution >= 0.6 is 0 Å². The molecule has 2 N–H and O–H groups in total. The van der Waals surface area contributed by atoms with Crippen LogP contribution in [0.15, 0.2) is 30.5 Å². The van der Waals surface area contributed by atoms with Gasteiger partial charge in [0.2, 0.25) is 0 Å². The number of rotatable bonds is 5. The molecule has 0 unspecified atom stereocenters. The van der Waals surface area contributed by atoms with Gasteiger partial charge in [-0.05, 0) is 24.6 Å². The quantitative estimate of drug-likeness (QED) is 0.867. The van der Waals surface area contributed by atoms with Gasteiger partial charge in [0.15, 0.2) is 0 Å². The number of alkyl halides is 3. The molecule has 0 fully saturated rings. The smallest absolute Gasteiger partial charge is 0.351 e. The molecule has 2 aromatic rings. The maximum Gasteiger partial charge on any atom is 0.416 e. The van der Waals surface area contributed by atoms with E-state index in [0.717, 1.165) is 24.6 Å². The maximum absolute atomic E-state index is 12.8. The summed E-state index contributed by atoms with van der Waals surface area (Å²) in [5.41, 5.74) is -0.849. The molecule has 134 valence electrons. The second-order valence-corrected chi connectivity index (χ2v) is 5.32. The minimum atomic E-state index is -4.55. The summed E-state index contributed by atoms with van der Waals surface area (Å²) in [7, 11) is 1.53. The lowest BCUT2D eigenvalue weighted by molar-refractivity contribution is -0.137. The van der Waals surface area contributed by atoms with E-state index in [1.54, 1.807) is 0 Å². The largest absolute Gasteiger partial charge is 0.416 e. The van der Waals surface area contributed by atoms with E-state index in [1.165, 1.54) is 24.0 Å². The van der Waals surface area contributed by atoms with Crippen LogP contribution in [0.3, 0.4) is 0 Å². The number of amides is 2. The van der Waals surface area contributed by atoms with Crippen molar-refractivity contribution < 1.29 is 22.8 Å². The second kappa shape index (κ2) is 7.37. The Balaban J connectivity index is 2.23. The van der Waals surface area contributed by atoms with Gasteiger partial charge < -0.3 is 10.6 Å². The predicted molar refractivity (Wildman–Crippen MR) is 85.2 cm³/mol. The van der Waals surface area contributed by atoms with Crippen molar-refractivity contribution in [3.05, 3.63) is 47.3 Å². The molecule has 1 aromatic carbocycles. The van der Waals surface area contributed by atoms with Gasteiger partial charge in [-0.2, -0.15) is 18.3 Å². The van der Waals surface area contributed by atoms with E-state index in [9.17, 15) is 22.8 Å². The zero-order valence-electron chi connectivity index (χ0n) is 13.6. The highest BCUT2D eigenvalue weighted by Crippen LogP contribution is 2.29. The molecule has 9 heteroatoms. The summed E-state index contributed by atoms with van der Waals surface area (Å²) < 4.78 is 39.5. The van der Waals surface area contributed by atoms with Gasteiger partial charge in [-0.25, -0.2) is 0 Å². The minimum absolute atomic E-state index is 0.119. The molecule has 0 aliphatic carbocycles. The molecule has 0 saturated heterocycles. The van der Waals surface area contributed by atoms with Gasteiger partial charge in [0, 0.05) is 19.2 Å². The number of carbonyl (C=O) groups excluding carboxylic acids is 2. The van der Waals surface area contributed by atoms with Crippen molar-refractivity contribution in [3.8, 4) is 0 Å². The van der Waals surface area contributed by atoms with Gasteiger partial charge in [0.05, 0.1) is 17.4 Å². The highest BCUT2D eigenvalue weighted by Gasteiger charge is 2.31.